The second-order valence-corrected chi connectivity index (χ2v) is 2.76. The van der Waals surface area contributed by atoms with Gasteiger partial charge in [-0.3, -0.25) is 0 Å². The van der Waals surface area contributed by atoms with Crippen LogP contribution in [0.2, 0.25) is 0 Å². The van der Waals surface area contributed by atoms with Crippen molar-refractivity contribution in [2.45, 2.75) is 25.4 Å². The van der Waals surface area contributed by atoms with Gasteiger partial charge in [-0.05, 0) is 19.9 Å². The molecule has 0 saturated heterocycles. The van der Waals surface area contributed by atoms with Crippen LogP contribution in [0.1, 0.15) is 13.3 Å². The summed E-state index contributed by atoms with van der Waals surface area (Å²) in [6.45, 7) is 0.382. The summed E-state index contributed by atoms with van der Waals surface area (Å²) in [5, 5.41) is 10.2. The molecular weight excluding hydrogens is 187 g/mol. The molecule has 0 spiro atoms. The van der Waals surface area contributed by atoms with Gasteiger partial charge in [0.25, 0.3) is 0 Å². The van der Waals surface area contributed by atoms with Gasteiger partial charge in [0.1, 0.15) is 0 Å². The standard InChI is InChI=1S/C7H12F3NO2/c1-5(8)2-3-11-4-7(9,10)6(12)13/h5,11H,2-4H2,1H3,(H,12,13). The van der Waals surface area contributed by atoms with Crippen LogP contribution in [0.4, 0.5) is 13.2 Å². The number of rotatable bonds is 6. The molecule has 6 heteroatoms. The number of aliphatic carboxylic acids is 1. The van der Waals surface area contributed by atoms with Crippen molar-refractivity contribution in [3.8, 4) is 0 Å². The lowest BCUT2D eigenvalue weighted by Crippen LogP contribution is -2.40. The van der Waals surface area contributed by atoms with Crippen LogP contribution < -0.4 is 5.32 Å². The first kappa shape index (κ1) is 12.2. The van der Waals surface area contributed by atoms with Crippen molar-refractivity contribution >= 4 is 5.97 Å². The maximum Gasteiger partial charge on any atom is 0.375 e. The maximum absolute atomic E-state index is 12.3. The van der Waals surface area contributed by atoms with E-state index < -0.39 is 24.6 Å². The van der Waals surface area contributed by atoms with Crippen LogP contribution in [-0.2, 0) is 4.79 Å². The lowest BCUT2D eigenvalue weighted by Gasteiger charge is -2.11. The van der Waals surface area contributed by atoms with Crippen molar-refractivity contribution in [3.63, 3.8) is 0 Å². The Kier molecular flexibility index (Phi) is 4.76. The van der Waals surface area contributed by atoms with E-state index >= 15 is 0 Å². The number of hydrogen-bond acceptors (Lipinski definition) is 2. The van der Waals surface area contributed by atoms with Crippen molar-refractivity contribution in [1.82, 2.24) is 5.32 Å². The molecule has 0 aliphatic carbocycles. The van der Waals surface area contributed by atoms with E-state index in [0.717, 1.165) is 0 Å². The van der Waals surface area contributed by atoms with Gasteiger partial charge in [0, 0.05) is 0 Å². The molecule has 0 radical (unpaired) electrons. The molecule has 1 atom stereocenters. The summed E-state index contributed by atoms with van der Waals surface area (Å²) in [7, 11) is 0. The van der Waals surface area contributed by atoms with Gasteiger partial charge < -0.3 is 10.4 Å². The summed E-state index contributed by atoms with van der Waals surface area (Å²) < 4.78 is 36.8. The molecule has 0 aliphatic rings. The third kappa shape index (κ3) is 5.46. The first-order valence-electron chi connectivity index (χ1n) is 3.82. The first-order valence-corrected chi connectivity index (χ1v) is 3.82. The normalized spacial score (nSPS) is 14.2. The molecule has 2 N–H and O–H groups in total. The largest absolute Gasteiger partial charge is 0.477 e. The van der Waals surface area contributed by atoms with Crippen LogP contribution in [0.3, 0.4) is 0 Å². The van der Waals surface area contributed by atoms with Crippen LogP contribution >= 0.6 is 0 Å². The average molecular weight is 199 g/mol. The molecule has 0 fully saturated rings. The SMILES string of the molecule is CC(F)CCNCC(F)(F)C(=O)O. The van der Waals surface area contributed by atoms with Gasteiger partial charge in [-0.25, -0.2) is 9.18 Å². The number of alkyl halides is 3. The van der Waals surface area contributed by atoms with Gasteiger partial charge in [0.15, 0.2) is 0 Å². The summed E-state index contributed by atoms with van der Waals surface area (Å²) >= 11 is 0. The van der Waals surface area contributed by atoms with Gasteiger partial charge in [-0.1, -0.05) is 0 Å². The Morgan fingerprint density at radius 2 is 2.15 bits per heavy atom. The maximum atomic E-state index is 12.3. The zero-order valence-electron chi connectivity index (χ0n) is 7.19. The van der Waals surface area contributed by atoms with E-state index in [4.69, 9.17) is 5.11 Å². The lowest BCUT2D eigenvalue weighted by atomic mass is 10.3. The molecule has 0 amide bonds. The van der Waals surface area contributed by atoms with Gasteiger partial charge in [0.05, 0.1) is 12.7 Å². The highest BCUT2D eigenvalue weighted by Gasteiger charge is 2.37. The van der Waals surface area contributed by atoms with Gasteiger partial charge in [-0.15, -0.1) is 0 Å². The fourth-order valence-corrected chi connectivity index (χ4v) is 0.622. The Hall–Kier alpha value is -0.780. The minimum absolute atomic E-state index is 0.0422. The van der Waals surface area contributed by atoms with E-state index in [1.165, 1.54) is 6.92 Å². The zero-order valence-corrected chi connectivity index (χ0v) is 7.19. The monoisotopic (exact) mass is 199 g/mol. The average Bonchev–Trinajstić information content (AvgIpc) is 1.97. The highest BCUT2D eigenvalue weighted by Crippen LogP contribution is 2.11. The molecule has 0 heterocycles. The number of halogens is 3. The van der Waals surface area contributed by atoms with Crippen LogP contribution in [-0.4, -0.2) is 36.3 Å². The molecule has 1 unspecified atom stereocenters. The number of hydrogen-bond donors (Lipinski definition) is 2. The third-order valence-corrected chi connectivity index (χ3v) is 1.38. The van der Waals surface area contributed by atoms with Crippen LogP contribution in [0.15, 0.2) is 0 Å². The highest BCUT2D eigenvalue weighted by molar-refractivity contribution is 5.75. The van der Waals surface area contributed by atoms with E-state index in [1.807, 2.05) is 0 Å². The number of carboxylic acids is 1. The Morgan fingerprint density at radius 1 is 1.62 bits per heavy atom. The topological polar surface area (TPSA) is 49.3 Å². The van der Waals surface area contributed by atoms with Crippen molar-refractivity contribution in [2.24, 2.45) is 0 Å². The van der Waals surface area contributed by atoms with Crippen molar-refractivity contribution < 1.29 is 23.1 Å². The summed E-state index contributed by atoms with van der Waals surface area (Å²) in [6.07, 6.45) is -0.985. The predicted molar refractivity (Wildman–Crippen MR) is 40.6 cm³/mol. The summed E-state index contributed by atoms with van der Waals surface area (Å²) in [6, 6.07) is 0. The second kappa shape index (κ2) is 5.06. The number of carbonyl (C=O) groups is 1. The van der Waals surface area contributed by atoms with Gasteiger partial charge in [-0.2, -0.15) is 8.78 Å². The minimum Gasteiger partial charge on any atom is -0.477 e. The minimum atomic E-state index is -3.78. The Morgan fingerprint density at radius 3 is 2.54 bits per heavy atom. The molecule has 13 heavy (non-hydrogen) atoms. The molecule has 0 aliphatic heterocycles. The fourth-order valence-electron chi connectivity index (χ4n) is 0.622. The smallest absolute Gasteiger partial charge is 0.375 e. The van der Waals surface area contributed by atoms with Crippen LogP contribution in [0.25, 0.3) is 0 Å². The Labute approximate surface area is 73.9 Å². The molecule has 0 rings (SSSR count). The van der Waals surface area contributed by atoms with E-state index in [-0.39, 0.29) is 13.0 Å². The van der Waals surface area contributed by atoms with Crippen molar-refractivity contribution in [2.75, 3.05) is 13.1 Å². The van der Waals surface area contributed by atoms with Gasteiger partial charge >= 0.3 is 11.9 Å². The molecule has 0 saturated carbocycles. The van der Waals surface area contributed by atoms with E-state index in [2.05, 4.69) is 5.32 Å². The Bertz CT molecular complexity index is 173. The fraction of sp³-hybridized carbons (Fsp3) is 0.857. The summed E-state index contributed by atoms with van der Waals surface area (Å²) in [5.74, 6) is -5.95. The molecule has 0 aromatic carbocycles. The predicted octanol–water partition coefficient (Wildman–Crippen LogP) is 1.04. The van der Waals surface area contributed by atoms with E-state index in [1.54, 1.807) is 0 Å². The van der Waals surface area contributed by atoms with E-state index in [9.17, 15) is 18.0 Å². The number of carboxylic acid groups (broad SMARTS) is 1. The molecule has 3 nitrogen and oxygen atoms in total. The molecule has 0 aromatic heterocycles. The van der Waals surface area contributed by atoms with Crippen molar-refractivity contribution in [1.29, 1.82) is 0 Å². The second-order valence-electron chi connectivity index (χ2n) is 2.76. The first-order chi connectivity index (χ1) is 5.86. The zero-order chi connectivity index (χ0) is 10.5. The Balaban J connectivity index is 3.58. The van der Waals surface area contributed by atoms with E-state index in [0.29, 0.717) is 0 Å². The molecule has 78 valence electrons. The quantitative estimate of drug-likeness (QED) is 0.628. The summed E-state index contributed by atoms with van der Waals surface area (Å²) in [5.41, 5.74) is 0. The van der Waals surface area contributed by atoms with Crippen molar-refractivity contribution in [3.05, 3.63) is 0 Å². The molecule has 0 aromatic rings. The summed E-state index contributed by atoms with van der Waals surface area (Å²) in [4.78, 5) is 9.89. The van der Waals surface area contributed by atoms with Crippen LogP contribution in [0.5, 0.6) is 0 Å². The highest BCUT2D eigenvalue weighted by atomic mass is 19.3. The molecular formula is C7H12F3NO2. The van der Waals surface area contributed by atoms with Crippen LogP contribution in [0, 0.1) is 0 Å². The number of nitrogens with one attached hydrogen (secondary N) is 1. The third-order valence-electron chi connectivity index (χ3n) is 1.38. The molecule has 0 bridgehead atoms. The van der Waals surface area contributed by atoms with Gasteiger partial charge in [0.2, 0.25) is 0 Å². The lowest BCUT2D eigenvalue weighted by molar-refractivity contribution is -0.164.